The average molecular weight is 252 g/mol. The van der Waals surface area contributed by atoms with Crippen molar-refractivity contribution in [3.05, 3.63) is 41.2 Å². The zero-order valence-electron chi connectivity index (χ0n) is 9.09. The van der Waals surface area contributed by atoms with Crippen molar-refractivity contribution in [2.75, 3.05) is 7.05 Å². The highest BCUT2D eigenvalue weighted by atomic mass is 35.5. The molecule has 2 aromatic heterocycles. The largest absolute Gasteiger partial charge is 0.334 e. The molecule has 0 spiro atoms. The van der Waals surface area contributed by atoms with Crippen LogP contribution in [0.15, 0.2) is 24.7 Å². The van der Waals surface area contributed by atoms with Gasteiger partial charge in [0.25, 0.3) is 5.91 Å². The third-order valence-corrected chi connectivity index (χ3v) is 2.40. The van der Waals surface area contributed by atoms with Crippen molar-refractivity contribution in [1.82, 2.24) is 25.1 Å². The number of pyridine rings is 1. The Hall–Kier alpha value is -1.95. The Balaban J connectivity index is 2.07. The lowest BCUT2D eigenvalue weighted by molar-refractivity contribution is 0.0781. The Morgan fingerprint density at radius 2 is 2.29 bits per heavy atom. The number of nitrogens with zero attached hydrogens (tertiary/aromatic N) is 4. The molecule has 0 aliphatic carbocycles. The second kappa shape index (κ2) is 4.92. The van der Waals surface area contributed by atoms with Crippen LogP contribution < -0.4 is 0 Å². The third kappa shape index (κ3) is 2.79. The Kier molecular flexibility index (Phi) is 3.34. The fourth-order valence-corrected chi connectivity index (χ4v) is 1.44. The highest BCUT2D eigenvalue weighted by Crippen LogP contribution is 2.08. The van der Waals surface area contributed by atoms with Gasteiger partial charge in [-0.1, -0.05) is 11.6 Å². The van der Waals surface area contributed by atoms with Gasteiger partial charge in [0.1, 0.15) is 17.3 Å². The molecule has 0 aliphatic heterocycles. The summed E-state index contributed by atoms with van der Waals surface area (Å²) in [7, 11) is 1.68. The van der Waals surface area contributed by atoms with E-state index in [2.05, 4.69) is 20.2 Å². The maximum absolute atomic E-state index is 12.0. The number of hydrogen-bond acceptors (Lipinski definition) is 4. The second-order valence-electron chi connectivity index (χ2n) is 3.46. The molecule has 7 heteroatoms. The van der Waals surface area contributed by atoms with E-state index in [1.165, 1.54) is 17.4 Å². The van der Waals surface area contributed by atoms with Crippen LogP contribution in [0.2, 0.25) is 5.15 Å². The summed E-state index contributed by atoms with van der Waals surface area (Å²) < 4.78 is 0. The fourth-order valence-electron chi connectivity index (χ4n) is 1.33. The van der Waals surface area contributed by atoms with Crippen LogP contribution in [0.4, 0.5) is 0 Å². The quantitative estimate of drug-likeness (QED) is 0.830. The van der Waals surface area contributed by atoms with E-state index in [0.29, 0.717) is 23.1 Å². The predicted molar refractivity (Wildman–Crippen MR) is 61.4 cm³/mol. The number of carbonyl (C=O) groups excluding carboxylic acids is 1. The Bertz CT molecular complexity index is 496. The first-order valence-electron chi connectivity index (χ1n) is 4.88. The topological polar surface area (TPSA) is 74.8 Å². The van der Waals surface area contributed by atoms with Crippen molar-refractivity contribution in [2.24, 2.45) is 0 Å². The van der Waals surface area contributed by atoms with E-state index in [9.17, 15) is 4.79 Å². The van der Waals surface area contributed by atoms with Crippen LogP contribution in [0.3, 0.4) is 0 Å². The molecule has 6 nitrogen and oxygen atoms in total. The number of amides is 1. The molecule has 0 radical (unpaired) electrons. The van der Waals surface area contributed by atoms with Gasteiger partial charge in [-0.2, -0.15) is 5.10 Å². The van der Waals surface area contributed by atoms with E-state index in [-0.39, 0.29) is 5.91 Å². The summed E-state index contributed by atoms with van der Waals surface area (Å²) in [6.45, 7) is 0.363. The maximum Gasteiger partial charge on any atom is 0.255 e. The van der Waals surface area contributed by atoms with Crippen molar-refractivity contribution in [2.45, 2.75) is 6.54 Å². The van der Waals surface area contributed by atoms with E-state index >= 15 is 0 Å². The minimum Gasteiger partial charge on any atom is -0.334 e. The van der Waals surface area contributed by atoms with Gasteiger partial charge in [-0.3, -0.25) is 9.89 Å². The SMILES string of the molecule is CN(Cc1ncn[nH]1)C(=O)c1ccc(Cl)nc1. The molecule has 2 heterocycles. The summed E-state index contributed by atoms with van der Waals surface area (Å²) in [6, 6.07) is 3.21. The standard InChI is InChI=1S/C10H10ClN5O/c1-16(5-9-13-6-14-15-9)10(17)7-2-3-8(11)12-4-7/h2-4,6H,5H2,1H3,(H,13,14,15). The third-order valence-electron chi connectivity index (χ3n) is 2.17. The average Bonchev–Trinajstić information content (AvgIpc) is 2.82. The summed E-state index contributed by atoms with van der Waals surface area (Å²) in [6.07, 6.45) is 2.85. The molecule has 0 unspecified atom stereocenters. The summed E-state index contributed by atoms with van der Waals surface area (Å²) in [5.41, 5.74) is 0.483. The molecular weight excluding hydrogens is 242 g/mol. The van der Waals surface area contributed by atoms with E-state index in [4.69, 9.17) is 11.6 Å². The van der Waals surface area contributed by atoms with Gasteiger partial charge in [-0.05, 0) is 12.1 Å². The van der Waals surface area contributed by atoms with Crippen molar-refractivity contribution in [1.29, 1.82) is 0 Å². The van der Waals surface area contributed by atoms with Crippen LogP contribution in [0, 0.1) is 0 Å². The summed E-state index contributed by atoms with van der Waals surface area (Å²) in [5, 5.41) is 6.77. The first-order chi connectivity index (χ1) is 8.16. The first-order valence-corrected chi connectivity index (χ1v) is 5.26. The van der Waals surface area contributed by atoms with Gasteiger partial charge in [0, 0.05) is 13.2 Å². The molecule has 1 amide bonds. The zero-order valence-corrected chi connectivity index (χ0v) is 9.85. The minimum atomic E-state index is -0.148. The monoisotopic (exact) mass is 251 g/mol. The van der Waals surface area contributed by atoms with Crippen LogP contribution in [-0.4, -0.2) is 38.0 Å². The fraction of sp³-hybridized carbons (Fsp3) is 0.200. The van der Waals surface area contributed by atoms with Gasteiger partial charge in [0.15, 0.2) is 0 Å². The number of halogens is 1. The molecular formula is C10H10ClN5O. The van der Waals surface area contributed by atoms with Gasteiger partial charge in [-0.15, -0.1) is 0 Å². The number of aromatic nitrogens is 4. The van der Waals surface area contributed by atoms with Crippen LogP contribution in [0.1, 0.15) is 16.2 Å². The van der Waals surface area contributed by atoms with Crippen molar-refractivity contribution in [3.8, 4) is 0 Å². The lowest BCUT2D eigenvalue weighted by Crippen LogP contribution is -2.26. The molecule has 88 valence electrons. The number of rotatable bonds is 3. The van der Waals surface area contributed by atoms with Crippen molar-refractivity contribution >= 4 is 17.5 Å². The molecule has 0 bridgehead atoms. The number of nitrogens with one attached hydrogen (secondary N) is 1. The van der Waals surface area contributed by atoms with Gasteiger partial charge in [-0.25, -0.2) is 9.97 Å². The molecule has 0 fully saturated rings. The number of carbonyl (C=O) groups is 1. The van der Waals surface area contributed by atoms with E-state index in [1.54, 1.807) is 19.2 Å². The summed E-state index contributed by atoms with van der Waals surface area (Å²) in [5.74, 6) is 0.480. The van der Waals surface area contributed by atoms with Crippen LogP contribution in [0.25, 0.3) is 0 Å². The van der Waals surface area contributed by atoms with Crippen LogP contribution >= 0.6 is 11.6 Å². The lowest BCUT2D eigenvalue weighted by atomic mass is 10.2. The van der Waals surface area contributed by atoms with Gasteiger partial charge >= 0.3 is 0 Å². The highest BCUT2D eigenvalue weighted by molar-refractivity contribution is 6.29. The predicted octanol–water partition coefficient (Wildman–Crippen LogP) is 1.13. The van der Waals surface area contributed by atoms with Gasteiger partial charge in [0.05, 0.1) is 12.1 Å². The first kappa shape index (κ1) is 11.5. The zero-order chi connectivity index (χ0) is 12.3. The minimum absolute atomic E-state index is 0.148. The van der Waals surface area contributed by atoms with E-state index in [0.717, 1.165) is 0 Å². The second-order valence-corrected chi connectivity index (χ2v) is 3.85. The smallest absolute Gasteiger partial charge is 0.255 e. The number of aromatic amines is 1. The summed E-state index contributed by atoms with van der Waals surface area (Å²) >= 11 is 5.65. The number of hydrogen-bond donors (Lipinski definition) is 1. The van der Waals surface area contributed by atoms with Gasteiger partial charge < -0.3 is 4.90 Å². The number of H-pyrrole nitrogens is 1. The molecule has 0 atom stereocenters. The molecule has 0 saturated carbocycles. The summed E-state index contributed by atoms with van der Waals surface area (Å²) in [4.78, 5) is 21.3. The molecule has 0 aliphatic rings. The van der Waals surface area contributed by atoms with E-state index in [1.807, 2.05) is 0 Å². The molecule has 2 aromatic rings. The molecule has 2 rings (SSSR count). The molecule has 1 N–H and O–H groups in total. The Morgan fingerprint density at radius 1 is 1.47 bits per heavy atom. The van der Waals surface area contributed by atoms with Crippen LogP contribution in [0.5, 0.6) is 0 Å². The molecule has 0 saturated heterocycles. The Morgan fingerprint density at radius 3 is 2.88 bits per heavy atom. The van der Waals surface area contributed by atoms with Crippen LogP contribution in [-0.2, 0) is 6.54 Å². The Labute approximate surface area is 103 Å². The highest BCUT2D eigenvalue weighted by Gasteiger charge is 2.13. The van der Waals surface area contributed by atoms with Gasteiger partial charge in [0.2, 0.25) is 0 Å². The normalized spacial score (nSPS) is 10.2. The van der Waals surface area contributed by atoms with E-state index < -0.39 is 0 Å². The molecule has 0 aromatic carbocycles. The van der Waals surface area contributed by atoms with Crippen molar-refractivity contribution < 1.29 is 4.79 Å². The maximum atomic E-state index is 12.0. The van der Waals surface area contributed by atoms with Crippen molar-refractivity contribution in [3.63, 3.8) is 0 Å². The lowest BCUT2D eigenvalue weighted by Gasteiger charge is -2.15. The molecule has 17 heavy (non-hydrogen) atoms.